The molecule has 0 unspecified atom stereocenters. The first-order valence-corrected chi connectivity index (χ1v) is 14.6. The van der Waals surface area contributed by atoms with Crippen LogP contribution in [-0.2, 0) is 36.8 Å². The van der Waals surface area contributed by atoms with E-state index in [1.807, 2.05) is 60.7 Å². The largest absolute Gasteiger partial charge is 0.343 e. The number of unbranched alkanes of at least 4 members (excludes halogenated alkanes) is 2. The molecule has 11 heteroatoms. The molecule has 0 radical (unpaired) electrons. The molecule has 0 saturated carbocycles. The summed E-state index contributed by atoms with van der Waals surface area (Å²) in [7, 11) is 0. The van der Waals surface area contributed by atoms with E-state index in [0.717, 1.165) is 11.1 Å². The number of carbonyl (C=O) groups excluding carboxylic acids is 5. The molecule has 0 spiro atoms. The maximum absolute atomic E-state index is 13.8. The summed E-state index contributed by atoms with van der Waals surface area (Å²) in [4.78, 5) is 67.5. The minimum absolute atomic E-state index is 0.144. The highest BCUT2D eigenvalue weighted by Gasteiger charge is 2.40. The van der Waals surface area contributed by atoms with Crippen LogP contribution in [0, 0.1) is 0 Å². The second-order valence-electron chi connectivity index (χ2n) is 10.9. The van der Waals surface area contributed by atoms with Crippen molar-refractivity contribution < 1.29 is 29.2 Å². The van der Waals surface area contributed by atoms with Crippen molar-refractivity contribution in [2.24, 2.45) is 0 Å². The number of carbonyl (C=O) groups is 5. The van der Waals surface area contributed by atoms with Crippen molar-refractivity contribution in [3.05, 3.63) is 71.8 Å². The molecule has 0 bridgehead atoms. The number of fused-ring (bicyclic) bond motifs is 1. The normalized spacial score (nSPS) is 23.1. The van der Waals surface area contributed by atoms with E-state index in [4.69, 9.17) is 5.21 Å². The first-order chi connectivity index (χ1) is 20.4. The SMILES string of the molecule is O=C(CCCCC[C@@H]1NC(=O)[C@@H](Cc2ccccc2)NC(=O)[C@H](Cc2ccccc2)NC(=O)[C@H]2CCCN2C1=O)NO. The monoisotopic (exact) mass is 577 g/mol. The van der Waals surface area contributed by atoms with Gasteiger partial charge in [-0.25, -0.2) is 5.48 Å². The molecule has 2 aromatic rings. The van der Waals surface area contributed by atoms with Crippen molar-refractivity contribution in [3.63, 3.8) is 0 Å². The molecule has 2 saturated heterocycles. The Morgan fingerprint density at radius 2 is 1.31 bits per heavy atom. The highest BCUT2D eigenvalue weighted by molar-refractivity contribution is 5.98. The molecule has 0 aliphatic carbocycles. The van der Waals surface area contributed by atoms with Crippen LogP contribution >= 0.6 is 0 Å². The van der Waals surface area contributed by atoms with Crippen LogP contribution in [-0.4, -0.2) is 70.4 Å². The second-order valence-corrected chi connectivity index (χ2v) is 10.9. The molecule has 4 rings (SSSR count). The zero-order valence-corrected chi connectivity index (χ0v) is 23.6. The number of hydroxylamine groups is 1. The van der Waals surface area contributed by atoms with Crippen molar-refractivity contribution in [3.8, 4) is 0 Å². The highest BCUT2D eigenvalue weighted by atomic mass is 16.5. The molecule has 11 nitrogen and oxygen atoms in total. The van der Waals surface area contributed by atoms with Crippen molar-refractivity contribution in [2.45, 2.75) is 82.0 Å². The van der Waals surface area contributed by atoms with E-state index < -0.39 is 47.8 Å². The standard InChI is InChI=1S/C31H39N5O6/c37-27(35-42)17-9-3-8-15-23-31(41)36-18-10-16-26(36)30(40)34-25(20-22-13-6-2-7-14-22)29(39)33-24(28(38)32-23)19-21-11-4-1-5-12-21/h1-2,4-7,11-14,23-26,42H,3,8-10,15-20H2,(H,32,38)(H,33,39)(H,34,40)(H,35,37)/t23-,24+,25-,26+/m0/s1. The molecule has 5 amide bonds. The highest BCUT2D eigenvalue weighted by Crippen LogP contribution is 2.21. The van der Waals surface area contributed by atoms with Gasteiger partial charge in [-0.15, -0.1) is 0 Å². The van der Waals surface area contributed by atoms with Gasteiger partial charge < -0.3 is 20.9 Å². The van der Waals surface area contributed by atoms with Gasteiger partial charge in [0.25, 0.3) is 0 Å². The Bertz CT molecular complexity index is 1240. The quantitative estimate of drug-likeness (QED) is 0.163. The topological polar surface area (TPSA) is 157 Å². The molecule has 2 fully saturated rings. The number of amides is 5. The van der Waals surface area contributed by atoms with Crippen LogP contribution in [0.4, 0.5) is 0 Å². The summed E-state index contributed by atoms with van der Waals surface area (Å²) in [5, 5.41) is 17.3. The van der Waals surface area contributed by atoms with Gasteiger partial charge in [0.05, 0.1) is 0 Å². The molecule has 2 aromatic carbocycles. The molecule has 2 heterocycles. The molecule has 2 aliphatic rings. The summed E-state index contributed by atoms with van der Waals surface area (Å²) in [5.74, 6) is -2.16. The molecule has 4 atom stereocenters. The Kier molecular flexibility index (Phi) is 11.0. The first-order valence-electron chi connectivity index (χ1n) is 14.6. The van der Waals surface area contributed by atoms with E-state index >= 15 is 0 Å². The van der Waals surface area contributed by atoms with Crippen molar-refractivity contribution in [1.82, 2.24) is 26.3 Å². The van der Waals surface area contributed by atoms with Crippen LogP contribution in [0.15, 0.2) is 60.7 Å². The Morgan fingerprint density at radius 3 is 1.88 bits per heavy atom. The molecular weight excluding hydrogens is 538 g/mol. The fourth-order valence-corrected chi connectivity index (χ4v) is 5.56. The minimum atomic E-state index is -0.979. The third kappa shape index (κ3) is 8.39. The van der Waals surface area contributed by atoms with E-state index in [-0.39, 0.29) is 25.2 Å². The molecule has 2 aliphatic heterocycles. The van der Waals surface area contributed by atoms with Gasteiger partial charge in [0, 0.05) is 25.8 Å². The minimum Gasteiger partial charge on any atom is -0.343 e. The third-order valence-electron chi connectivity index (χ3n) is 7.81. The summed E-state index contributed by atoms with van der Waals surface area (Å²) in [5.41, 5.74) is 3.29. The summed E-state index contributed by atoms with van der Waals surface area (Å²) < 4.78 is 0. The second kappa shape index (κ2) is 15.1. The molecule has 42 heavy (non-hydrogen) atoms. The van der Waals surface area contributed by atoms with Crippen molar-refractivity contribution in [1.29, 1.82) is 0 Å². The lowest BCUT2D eigenvalue weighted by Gasteiger charge is -2.32. The van der Waals surface area contributed by atoms with Gasteiger partial charge >= 0.3 is 0 Å². The molecule has 5 N–H and O–H groups in total. The van der Waals surface area contributed by atoms with E-state index in [0.29, 0.717) is 45.1 Å². The fourth-order valence-electron chi connectivity index (χ4n) is 5.56. The lowest BCUT2D eigenvalue weighted by molar-refractivity contribution is -0.143. The predicted octanol–water partition coefficient (Wildman–Crippen LogP) is 1.39. The Labute approximate surface area is 245 Å². The first kappa shape index (κ1) is 30.7. The maximum atomic E-state index is 13.8. The van der Waals surface area contributed by atoms with Crippen LogP contribution in [0.1, 0.15) is 56.1 Å². The van der Waals surface area contributed by atoms with E-state index in [9.17, 15) is 24.0 Å². The summed E-state index contributed by atoms with van der Waals surface area (Å²) in [6.45, 7) is 0.378. The zero-order chi connectivity index (χ0) is 29.9. The Hall–Kier alpha value is -4.25. The van der Waals surface area contributed by atoms with E-state index in [1.165, 1.54) is 4.90 Å². The number of nitrogens with one attached hydrogen (secondary N) is 4. The van der Waals surface area contributed by atoms with Crippen LogP contribution in [0.5, 0.6) is 0 Å². The average molecular weight is 578 g/mol. The van der Waals surface area contributed by atoms with Crippen LogP contribution in [0.25, 0.3) is 0 Å². The van der Waals surface area contributed by atoms with Crippen molar-refractivity contribution in [2.75, 3.05) is 6.54 Å². The number of hydrogen-bond acceptors (Lipinski definition) is 6. The number of benzene rings is 2. The number of rotatable bonds is 10. The van der Waals surface area contributed by atoms with Gasteiger partial charge in [-0.2, -0.15) is 0 Å². The fraction of sp³-hybridized carbons (Fsp3) is 0.452. The molecule has 224 valence electrons. The van der Waals surface area contributed by atoms with Gasteiger partial charge in [0.1, 0.15) is 24.2 Å². The van der Waals surface area contributed by atoms with Gasteiger partial charge in [-0.3, -0.25) is 29.2 Å². The molecule has 0 aromatic heterocycles. The Morgan fingerprint density at radius 1 is 0.762 bits per heavy atom. The number of nitrogens with zero attached hydrogens (tertiary/aromatic N) is 1. The molecular formula is C31H39N5O6. The van der Waals surface area contributed by atoms with E-state index in [1.54, 1.807) is 5.48 Å². The van der Waals surface area contributed by atoms with Crippen LogP contribution in [0.2, 0.25) is 0 Å². The average Bonchev–Trinajstić information content (AvgIpc) is 3.50. The van der Waals surface area contributed by atoms with Crippen molar-refractivity contribution >= 4 is 29.5 Å². The lowest BCUT2D eigenvalue weighted by atomic mass is 10.00. The smallest absolute Gasteiger partial charge is 0.245 e. The summed E-state index contributed by atoms with van der Waals surface area (Å²) in [6, 6.07) is 15.0. The van der Waals surface area contributed by atoms with Crippen LogP contribution in [0.3, 0.4) is 0 Å². The van der Waals surface area contributed by atoms with E-state index in [2.05, 4.69) is 16.0 Å². The zero-order valence-electron chi connectivity index (χ0n) is 23.6. The maximum Gasteiger partial charge on any atom is 0.245 e. The Balaban J connectivity index is 1.59. The predicted molar refractivity (Wildman–Crippen MR) is 154 cm³/mol. The van der Waals surface area contributed by atoms with Gasteiger partial charge in [0.15, 0.2) is 0 Å². The van der Waals surface area contributed by atoms with Gasteiger partial charge in [0.2, 0.25) is 29.5 Å². The number of hydrogen-bond donors (Lipinski definition) is 5. The third-order valence-corrected chi connectivity index (χ3v) is 7.81. The summed E-state index contributed by atoms with van der Waals surface area (Å²) in [6.07, 6.45) is 3.62. The lowest BCUT2D eigenvalue weighted by Crippen LogP contribution is -2.61. The van der Waals surface area contributed by atoms with Gasteiger partial charge in [-0.1, -0.05) is 73.5 Å². The van der Waals surface area contributed by atoms with Crippen LogP contribution < -0.4 is 21.4 Å². The summed E-state index contributed by atoms with van der Waals surface area (Å²) >= 11 is 0. The van der Waals surface area contributed by atoms with Gasteiger partial charge in [-0.05, 0) is 36.8 Å².